The van der Waals surface area contributed by atoms with Crippen LogP contribution in [0.15, 0.2) is 36.5 Å². The van der Waals surface area contributed by atoms with Crippen molar-refractivity contribution in [3.05, 3.63) is 52.7 Å². The minimum Gasteiger partial charge on any atom is -0.438 e. The molecule has 1 aromatic heterocycles. The predicted molar refractivity (Wildman–Crippen MR) is 71.1 cm³/mol. The third-order valence-corrected chi connectivity index (χ3v) is 2.84. The summed E-state index contributed by atoms with van der Waals surface area (Å²) in [6.45, 7) is 3.60. The van der Waals surface area contributed by atoms with E-state index in [0.717, 1.165) is 5.56 Å². The van der Waals surface area contributed by atoms with E-state index >= 15 is 0 Å². The summed E-state index contributed by atoms with van der Waals surface area (Å²) in [5.74, 6) is 1.04. The van der Waals surface area contributed by atoms with Gasteiger partial charge < -0.3 is 9.84 Å². The molecule has 0 amide bonds. The van der Waals surface area contributed by atoms with Crippen molar-refractivity contribution in [1.29, 1.82) is 0 Å². The molecule has 2 rings (SSSR count). The Labute approximate surface area is 111 Å². The lowest BCUT2D eigenvalue weighted by Crippen LogP contribution is -1.98. The molecular weight excluding hydrogens is 250 g/mol. The van der Waals surface area contributed by atoms with E-state index in [1.54, 1.807) is 37.4 Å². The van der Waals surface area contributed by atoms with Crippen LogP contribution in [-0.4, -0.2) is 10.1 Å². The van der Waals surface area contributed by atoms with Crippen LogP contribution in [0.3, 0.4) is 0 Å². The van der Waals surface area contributed by atoms with Gasteiger partial charge in [0.2, 0.25) is 5.88 Å². The molecule has 0 saturated carbocycles. The first kappa shape index (κ1) is 12.9. The molecule has 0 fully saturated rings. The summed E-state index contributed by atoms with van der Waals surface area (Å²) >= 11 is 5.94. The molecule has 0 radical (unpaired) electrons. The normalized spacial score (nSPS) is 12.2. The average Bonchev–Trinajstić information content (AvgIpc) is 2.34. The quantitative estimate of drug-likeness (QED) is 0.914. The Hall–Kier alpha value is -1.58. The lowest BCUT2D eigenvalue weighted by atomic mass is 10.2. The molecule has 1 atom stereocenters. The smallest absolute Gasteiger partial charge is 0.225 e. The highest BCUT2D eigenvalue weighted by Gasteiger charge is 2.12. The van der Waals surface area contributed by atoms with E-state index in [2.05, 4.69) is 4.98 Å². The van der Waals surface area contributed by atoms with Crippen LogP contribution < -0.4 is 4.74 Å². The number of hydrogen-bond donors (Lipinski definition) is 1. The molecule has 0 aliphatic heterocycles. The fourth-order valence-electron chi connectivity index (χ4n) is 1.59. The molecule has 94 valence electrons. The Morgan fingerprint density at radius 3 is 2.83 bits per heavy atom. The van der Waals surface area contributed by atoms with Crippen LogP contribution in [0.2, 0.25) is 5.02 Å². The summed E-state index contributed by atoms with van der Waals surface area (Å²) < 4.78 is 5.73. The zero-order valence-corrected chi connectivity index (χ0v) is 11.0. The van der Waals surface area contributed by atoms with Gasteiger partial charge in [0.05, 0.1) is 6.10 Å². The number of rotatable bonds is 3. The van der Waals surface area contributed by atoms with Crippen LogP contribution in [0, 0.1) is 6.92 Å². The molecule has 4 heteroatoms. The summed E-state index contributed by atoms with van der Waals surface area (Å²) in [5.41, 5.74) is 1.61. The van der Waals surface area contributed by atoms with Gasteiger partial charge in [-0.15, -0.1) is 0 Å². The number of halogens is 1. The maximum atomic E-state index is 9.66. The van der Waals surface area contributed by atoms with Crippen LogP contribution in [0.25, 0.3) is 0 Å². The molecule has 1 aromatic carbocycles. The number of aryl methyl sites for hydroxylation is 1. The van der Waals surface area contributed by atoms with Crippen LogP contribution in [-0.2, 0) is 0 Å². The van der Waals surface area contributed by atoms with E-state index in [1.807, 2.05) is 13.0 Å². The van der Waals surface area contributed by atoms with Gasteiger partial charge in [-0.1, -0.05) is 17.7 Å². The van der Waals surface area contributed by atoms with Crippen molar-refractivity contribution in [3.63, 3.8) is 0 Å². The van der Waals surface area contributed by atoms with E-state index < -0.39 is 6.10 Å². The molecule has 1 unspecified atom stereocenters. The molecular formula is C14H14ClNO2. The van der Waals surface area contributed by atoms with Gasteiger partial charge in [-0.2, -0.15) is 0 Å². The van der Waals surface area contributed by atoms with Crippen LogP contribution in [0.1, 0.15) is 24.2 Å². The topological polar surface area (TPSA) is 42.4 Å². The number of aliphatic hydroxyl groups excluding tert-OH is 1. The van der Waals surface area contributed by atoms with Crippen molar-refractivity contribution < 1.29 is 9.84 Å². The minimum absolute atomic E-state index is 0.401. The zero-order chi connectivity index (χ0) is 13.1. The molecule has 18 heavy (non-hydrogen) atoms. The van der Waals surface area contributed by atoms with Gasteiger partial charge in [-0.3, -0.25) is 0 Å². The minimum atomic E-state index is -0.631. The van der Waals surface area contributed by atoms with Gasteiger partial charge >= 0.3 is 0 Å². The number of aliphatic hydroxyl groups is 1. The van der Waals surface area contributed by atoms with Gasteiger partial charge in [0, 0.05) is 16.8 Å². The van der Waals surface area contributed by atoms with Gasteiger partial charge in [0.15, 0.2) is 0 Å². The highest BCUT2D eigenvalue weighted by Crippen LogP contribution is 2.30. The molecule has 1 N–H and O–H groups in total. The van der Waals surface area contributed by atoms with Crippen molar-refractivity contribution in [3.8, 4) is 11.6 Å². The van der Waals surface area contributed by atoms with Crippen molar-refractivity contribution in [1.82, 2.24) is 4.98 Å². The number of hydrogen-bond acceptors (Lipinski definition) is 3. The van der Waals surface area contributed by atoms with Gasteiger partial charge in [-0.25, -0.2) is 4.98 Å². The van der Waals surface area contributed by atoms with E-state index in [4.69, 9.17) is 16.3 Å². The highest BCUT2D eigenvalue weighted by molar-refractivity contribution is 6.30. The first-order valence-corrected chi connectivity index (χ1v) is 6.02. The van der Waals surface area contributed by atoms with Crippen molar-refractivity contribution in [2.24, 2.45) is 0 Å². The van der Waals surface area contributed by atoms with Gasteiger partial charge in [0.25, 0.3) is 0 Å². The average molecular weight is 264 g/mol. The van der Waals surface area contributed by atoms with E-state index in [1.165, 1.54) is 0 Å². The first-order chi connectivity index (χ1) is 8.58. The lowest BCUT2D eigenvalue weighted by Gasteiger charge is -2.13. The molecule has 0 saturated heterocycles. The molecule has 2 aromatic rings. The molecule has 3 nitrogen and oxygen atoms in total. The summed E-state index contributed by atoms with van der Waals surface area (Å²) in [6.07, 6.45) is 0.995. The third kappa shape index (κ3) is 2.81. The maximum Gasteiger partial charge on any atom is 0.225 e. The lowest BCUT2D eigenvalue weighted by molar-refractivity contribution is 0.194. The Morgan fingerprint density at radius 2 is 2.11 bits per heavy atom. The van der Waals surface area contributed by atoms with E-state index in [9.17, 15) is 5.11 Å². The Balaban J connectivity index is 2.37. The fraction of sp³-hybridized carbons (Fsp3) is 0.214. The summed E-state index contributed by atoms with van der Waals surface area (Å²) in [6, 6.07) is 8.96. The van der Waals surface area contributed by atoms with Crippen LogP contribution >= 0.6 is 11.6 Å². The molecule has 0 aliphatic rings. The second kappa shape index (κ2) is 5.38. The largest absolute Gasteiger partial charge is 0.438 e. The van der Waals surface area contributed by atoms with E-state index in [-0.39, 0.29) is 0 Å². The standard InChI is InChI=1S/C14H14ClNO2/c1-9-5-6-11(15)8-13(9)18-14-12(10(2)17)4-3-7-16-14/h3-8,10,17H,1-2H3. The number of ether oxygens (including phenoxy) is 1. The van der Waals surface area contributed by atoms with Crippen molar-refractivity contribution in [2.75, 3.05) is 0 Å². The summed E-state index contributed by atoms with van der Waals surface area (Å²) in [4.78, 5) is 4.14. The Bertz CT molecular complexity index is 555. The zero-order valence-electron chi connectivity index (χ0n) is 10.2. The highest BCUT2D eigenvalue weighted by atomic mass is 35.5. The second-order valence-electron chi connectivity index (χ2n) is 4.09. The summed E-state index contributed by atoms with van der Waals surface area (Å²) in [7, 11) is 0. The number of aromatic nitrogens is 1. The molecule has 0 spiro atoms. The van der Waals surface area contributed by atoms with Crippen molar-refractivity contribution >= 4 is 11.6 Å². The predicted octanol–water partition coefficient (Wildman–Crippen LogP) is 3.89. The number of pyridine rings is 1. The maximum absolute atomic E-state index is 9.66. The first-order valence-electron chi connectivity index (χ1n) is 5.65. The Morgan fingerprint density at radius 1 is 1.33 bits per heavy atom. The molecule has 0 aliphatic carbocycles. The van der Waals surface area contributed by atoms with Crippen molar-refractivity contribution in [2.45, 2.75) is 20.0 Å². The van der Waals surface area contributed by atoms with Gasteiger partial charge in [0.1, 0.15) is 5.75 Å². The fourth-order valence-corrected chi connectivity index (χ4v) is 1.76. The van der Waals surface area contributed by atoms with Gasteiger partial charge in [-0.05, 0) is 43.7 Å². The van der Waals surface area contributed by atoms with Crippen LogP contribution in [0.5, 0.6) is 11.6 Å². The number of benzene rings is 1. The monoisotopic (exact) mass is 263 g/mol. The third-order valence-electron chi connectivity index (χ3n) is 2.61. The second-order valence-corrected chi connectivity index (χ2v) is 4.52. The molecule has 0 bridgehead atoms. The summed E-state index contributed by atoms with van der Waals surface area (Å²) in [5, 5.41) is 10.3. The number of nitrogens with zero attached hydrogens (tertiary/aromatic N) is 1. The Kier molecular flexibility index (Phi) is 3.84. The molecule has 1 heterocycles. The van der Waals surface area contributed by atoms with Crippen LogP contribution in [0.4, 0.5) is 0 Å². The SMILES string of the molecule is Cc1ccc(Cl)cc1Oc1ncccc1C(C)O. The van der Waals surface area contributed by atoms with E-state index in [0.29, 0.717) is 22.2 Å².